The molecule has 0 radical (unpaired) electrons. The van der Waals surface area contributed by atoms with Crippen LogP contribution in [-0.2, 0) is 16.0 Å². The van der Waals surface area contributed by atoms with Gasteiger partial charge < -0.3 is 14.7 Å². The molecular formula is C22H29N3O3. The number of hydrogen-bond acceptors (Lipinski definition) is 4. The quantitative estimate of drug-likeness (QED) is 0.881. The highest BCUT2D eigenvalue weighted by Crippen LogP contribution is 2.42. The highest BCUT2D eigenvalue weighted by molar-refractivity contribution is 5.80. The van der Waals surface area contributed by atoms with Crippen LogP contribution in [-0.4, -0.2) is 57.1 Å². The van der Waals surface area contributed by atoms with Gasteiger partial charge in [0.1, 0.15) is 0 Å². The van der Waals surface area contributed by atoms with Crippen molar-refractivity contribution in [1.29, 1.82) is 0 Å². The average Bonchev–Trinajstić information content (AvgIpc) is 3.21. The molecule has 1 aromatic heterocycles. The van der Waals surface area contributed by atoms with E-state index >= 15 is 0 Å². The van der Waals surface area contributed by atoms with Gasteiger partial charge in [-0.2, -0.15) is 5.10 Å². The minimum atomic E-state index is -0.356. The predicted octanol–water partition coefficient (Wildman–Crippen LogP) is 2.56. The van der Waals surface area contributed by atoms with Gasteiger partial charge >= 0.3 is 0 Å². The van der Waals surface area contributed by atoms with Crippen molar-refractivity contribution >= 4 is 5.91 Å². The van der Waals surface area contributed by atoms with E-state index in [9.17, 15) is 9.90 Å². The van der Waals surface area contributed by atoms with Crippen LogP contribution in [0.2, 0.25) is 0 Å². The number of carbonyl (C=O) groups is 1. The van der Waals surface area contributed by atoms with Crippen LogP contribution in [0.3, 0.4) is 0 Å². The number of methoxy groups -OCH3 is 1. The summed E-state index contributed by atoms with van der Waals surface area (Å²) in [5.41, 5.74) is 3.57. The molecule has 1 aliphatic carbocycles. The molecule has 1 saturated carbocycles. The predicted molar refractivity (Wildman–Crippen MR) is 106 cm³/mol. The first-order chi connectivity index (χ1) is 13.4. The first-order valence-corrected chi connectivity index (χ1v) is 10.1. The van der Waals surface area contributed by atoms with Crippen LogP contribution in [0.5, 0.6) is 0 Å². The molecule has 1 N–H and O–H groups in total. The maximum atomic E-state index is 13.2. The van der Waals surface area contributed by atoms with Gasteiger partial charge in [-0.25, -0.2) is 4.68 Å². The standard InChI is InChI=1S/C22H29N3O3/c1-15-19(16(2)25(23-15)17-7-5-4-6-8-17)14-21(27)24-12-11-22(28-3)10-9-18(26)13-20(22)24/h4-8,18,20,26H,9-14H2,1-3H3/t18-,20-,22+/m0/s1. The third kappa shape index (κ3) is 3.14. The Morgan fingerprint density at radius 2 is 2.04 bits per heavy atom. The van der Waals surface area contributed by atoms with Gasteiger partial charge in [-0.15, -0.1) is 0 Å². The molecule has 6 nitrogen and oxygen atoms in total. The van der Waals surface area contributed by atoms with Gasteiger partial charge in [0.25, 0.3) is 0 Å². The number of aliphatic hydroxyl groups is 1. The molecule has 0 bridgehead atoms. The number of hydrogen-bond donors (Lipinski definition) is 1. The van der Waals surface area contributed by atoms with Crippen LogP contribution >= 0.6 is 0 Å². The Kier molecular flexibility index (Phi) is 5.02. The zero-order chi connectivity index (χ0) is 19.9. The number of aliphatic hydroxyl groups excluding tert-OH is 1. The average molecular weight is 383 g/mol. The SMILES string of the molecule is CO[C@@]12CC[C@H](O)C[C@@H]1N(C(=O)Cc1c(C)nn(-c3ccccc3)c1C)CC2. The van der Waals surface area contributed by atoms with E-state index in [4.69, 9.17) is 4.74 Å². The van der Waals surface area contributed by atoms with Crippen LogP contribution in [0.15, 0.2) is 30.3 Å². The summed E-state index contributed by atoms with van der Waals surface area (Å²) >= 11 is 0. The molecule has 2 fully saturated rings. The van der Waals surface area contributed by atoms with Crippen molar-refractivity contribution in [2.45, 2.75) is 63.7 Å². The van der Waals surface area contributed by atoms with Gasteiger partial charge in [0.2, 0.25) is 5.91 Å². The number of carbonyl (C=O) groups excluding carboxylic acids is 1. The monoisotopic (exact) mass is 383 g/mol. The van der Waals surface area contributed by atoms with E-state index in [0.29, 0.717) is 19.4 Å². The fourth-order valence-electron chi connectivity index (χ4n) is 4.98. The number of amides is 1. The lowest BCUT2D eigenvalue weighted by atomic mass is 9.79. The summed E-state index contributed by atoms with van der Waals surface area (Å²) in [5.74, 6) is 0.0943. The van der Waals surface area contributed by atoms with E-state index in [-0.39, 0.29) is 23.7 Å². The third-order valence-electron chi connectivity index (χ3n) is 6.65. The van der Waals surface area contributed by atoms with Gasteiger partial charge in [-0.05, 0) is 51.7 Å². The summed E-state index contributed by atoms with van der Waals surface area (Å²) in [6.45, 7) is 4.67. The van der Waals surface area contributed by atoms with Crippen molar-refractivity contribution in [1.82, 2.24) is 14.7 Å². The van der Waals surface area contributed by atoms with Crippen molar-refractivity contribution in [2.24, 2.45) is 0 Å². The molecule has 4 rings (SSSR count). The lowest BCUT2D eigenvalue weighted by molar-refractivity contribution is -0.139. The Morgan fingerprint density at radius 1 is 1.29 bits per heavy atom. The number of fused-ring (bicyclic) bond motifs is 1. The molecule has 1 saturated heterocycles. The van der Waals surface area contributed by atoms with Crippen LogP contribution < -0.4 is 0 Å². The first-order valence-electron chi connectivity index (χ1n) is 10.1. The van der Waals surface area contributed by atoms with Crippen LogP contribution in [0, 0.1) is 13.8 Å². The van der Waals surface area contributed by atoms with Crippen LogP contribution in [0.4, 0.5) is 0 Å². The number of likely N-dealkylation sites (tertiary alicyclic amines) is 1. The van der Waals surface area contributed by atoms with E-state index in [0.717, 1.165) is 41.9 Å². The summed E-state index contributed by atoms with van der Waals surface area (Å²) in [5, 5.41) is 14.8. The number of aryl methyl sites for hydroxylation is 1. The maximum absolute atomic E-state index is 13.2. The summed E-state index contributed by atoms with van der Waals surface area (Å²) in [6.07, 6.45) is 2.97. The smallest absolute Gasteiger partial charge is 0.227 e. The zero-order valence-corrected chi connectivity index (χ0v) is 16.9. The number of rotatable bonds is 4. The molecule has 1 aromatic carbocycles. The van der Waals surface area contributed by atoms with Gasteiger partial charge in [0.05, 0.1) is 35.5 Å². The van der Waals surface area contributed by atoms with E-state index in [1.54, 1.807) is 7.11 Å². The van der Waals surface area contributed by atoms with Crippen molar-refractivity contribution < 1.29 is 14.6 Å². The minimum Gasteiger partial charge on any atom is -0.393 e. The second-order valence-corrected chi connectivity index (χ2v) is 8.12. The molecule has 0 unspecified atom stereocenters. The van der Waals surface area contributed by atoms with E-state index in [2.05, 4.69) is 5.10 Å². The topological polar surface area (TPSA) is 67.6 Å². The Hall–Kier alpha value is -2.18. The fraction of sp³-hybridized carbons (Fsp3) is 0.545. The Balaban J connectivity index is 1.57. The molecule has 2 heterocycles. The summed E-state index contributed by atoms with van der Waals surface area (Å²) in [4.78, 5) is 15.2. The summed E-state index contributed by atoms with van der Waals surface area (Å²) in [7, 11) is 1.73. The molecule has 2 aromatic rings. The molecule has 3 atom stereocenters. The van der Waals surface area contributed by atoms with Crippen molar-refractivity contribution in [3.05, 3.63) is 47.3 Å². The first kappa shape index (κ1) is 19.2. The Morgan fingerprint density at radius 3 is 2.75 bits per heavy atom. The molecule has 150 valence electrons. The Labute approximate surface area is 166 Å². The highest BCUT2D eigenvalue weighted by atomic mass is 16.5. The largest absolute Gasteiger partial charge is 0.393 e. The van der Waals surface area contributed by atoms with Gasteiger partial charge in [-0.1, -0.05) is 18.2 Å². The molecule has 1 amide bonds. The maximum Gasteiger partial charge on any atom is 0.227 e. The molecule has 0 spiro atoms. The number of para-hydroxylation sites is 1. The highest BCUT2D eigenvalue weighted by Gasteiger charge is 2.52. The van der Waals surface area contributed by atoms with Gasteiger partial charge in [-0.3, -0.25) is 4.79 Å². The second-order valence-electron chi connectivity index (χ2n) is 8.12. The van der Waals surface area contributed by atoms with E-state index in [1.807, 2.05) is 53.8 Å². The molecular weight excluding hydrogens is 354 g/mol. The lowest BCUT2D eigenvalue weighted by Gasteiger charge is -2.42. The molecule has 6 heteroatoms. The summed E-state index contributed by atoms with van der Waals surface area (Å²) in [6, 6.07) is 9.94. The van der Waals surface area contributed by atoms with Crippen molar-refractivity contribution in [2.75, 3.05) is 13.7 Å². The second kappa shape index (κ2) is 7.33. The Bertz CT molecular complexity index is 863. The fourth-order valence-corrected chi connectivity index (χ4v) is 4.98. The van der Waals surface area contributed by atoms with Crippen molar-refractivity contribution in [3.8, 4) is 5.69 Å². The van der Waals surface area contributed by atoms with Crippen LogP contribution in [0.25, 0.3) is 5.69 Å². The normalized spacial score (nSPS) is 27.1. The number of nitrogens with zero attached hydrogens (tertiary/aromatic N) is 3. The zero-order valence-electron chi connectivity index (χ0n) is 16.9. The summed E-state index contributed by atoms with van der Waals surface area (Å²) < 4.78 is 7.78. The number of benzene rings is 1. The third-order valence-corrected chi connectivity index (χ3v) is 6.65. The number of ether oxygens (including phenoxy) is 1. The van der Waals surface area contributed by atoms with E-state index < -0.39 is 0 Å². The van der Waals surface area contributed by atoms with Gasteiger partial charge in [0.15, 0.2) is 0 Å². The van der Waals surface area contributed by atoms with Crippen molar-refractivity contribution in [3.63, 3.8) is 0 Å². The molecule has 28 heavy (non-hydrogen) atoms. The molecule has 2 aliphatic rings. The van der Waals surface area contributed by atoms with Crippen LogP contribution in [0.1, 0.15) is 42.6 Å². The van der Waals surface area contributed by atoms with E-state index in [1.165, 1.54) is 0 Å². The lowest BCUT2D eigenvalue weighted by Crippen LogP contribution is -2.53. The molecule has 1 aliphatic heterocycles. The number of aromatic nitrogens is 2. The van der Waals surface area contributed by atoms with Gasteiger partial charge in [0, 0.05) is 24.9 Å². The minimum absolute atomic E-state index is 0.0430.